The lowest BCUT2D eigenvalue weighted by Gasteiger charge is -2.19. The first-order chi connectivity index (χ1) is 16.6. The Morgan fingerprint density at radius 3 is 2.26 bits per heavy atom. The van der Waals surface area contributed by atoms with Gasteiger partial charge in [0.15, 0.2) is 0 Å². The monoisotopic (exact) mass is 497 g/mol. The van der Waals surface area contributed by atoms with Crippen LogP contribution in [0.2, 0.25) is 0 Å². The van der Waals surface area contributed by atoms with Gasteiger partial charge in [0.05, 0.1) is 5.92 Å². The molecule has 0 heterocycles. The quantitative estimate of drug-likeness (QED) is 0.140. The summed E-state index contributed by atoms with van der Waals surface area (Å²) in [6.07, 6.45) is 1.96. The first-order valence-electron chi connectivity index (χ1n) is 11.6. The highest BCUT2D eigenvalue weighted by molar-refractivity contribution is 7.86. The first kappa shape index (κ1) is 23.7. The standard InChI is InChI=1S/C26H27NO7S/c1-14-11-22(33-9-10-34-27-17-4-3-16(13-17)26(28)29)20-7-8-21-23(35(30,31)32)12-15(2)19-6-5-18(14)24(20)25(19)21/h5-8,11-12,16-17,27H,3-4,9-10,13H2,1-2H3,(H,28,29)(H,30,31,32). The second kappa shape index (κ2) is 8.91. The van der Waals surface area contributed by atoms with E-state index < -0.39 is 16.1 Å². The van der Waals surface area contributed by atoms with E-state index in [1.54, 1.807) is 6.07 Å². The van der Waals surface area contributed by atoms with Crippen LogP contribution in [0.25, 0.3) is 32.3 Å². The molecule has 0 saturated heterocycles. The highest BCUT2D eigenvalue weighted by atomic mass is 32.2. The Morgan fingerprint density at radius 1 is 0.971 bits per heavy atom. The minimum Gasteiger partial charge on any atom is -0.490 e. The van der Waals surface area contributed by atoms with Crippen molar-refractivity contribution in [2.24, 2.45) is 5.92 Å². The number of hydrogen-bond donors (Lipinski definition) is 3. The number of aliphatic carboxylic acids is 1. The Morgan fingerprint density at radius 2 is 1.60 bits per heavy atom. The van der Waals surface area contributed by atoms with Crippen LogP contribution in [0.4, 0.5) is 0 Å². The fraction of sp³-hybridized carbons (Fsp3) is 0.346. The maximum atomic E-state index is 12.1. The molecule has 1 aliphatic rings. The molecular formula is C26H27NO7S. The molecule has 0 aliphatic heterocycles. The van der Waals surface area contributed by atoms with Gasteiger partial charge in [-0.05, 0) is 78.6 Å². The van der Waals surface area contributed by atoms with Crippen LogP contribution < -0.4 is 10.2 Å². The Kier molecular flexibility index (Phi) is 6.04. The van der Waals surface area contributed by atoms with E-state index >= 15 is 0 Å². The molecule has 0 radical (unpaired) electrons. The van der Waals surface area contributed by atoms with E-state index in [9.17, 15) is 17.8 Å². The zero-order valence-corrected chi connectivity index (χ0v) is 20.3. The van der Waals surface area contributed by atoms with Crippen molar-refractivity contribution in [1.82, 2.24) is 5.48 Å². The van der Waals surface area contributed by atoms with Crippen molar-refractivity contribution in [2.75, 3.05) is 13.2 Å². The van der Waals surface area contributed by atoms with E-state index in [1.165, 1.54) is 6.07 Å². The zero-order valence-electron chi connectivity index (χ0n) is 19.5. The number of hydrogen-bond acceptors (Lipinski definition) is 6. The lowest BCUT2D eigenvalue weighted by molar-refractivity contribution is -0.141. The third kappa shape index (κ3) is 4.29. The fourth-order valence-electron chi connectivity index (χ4n) is 5.28. The molecule has 35 heavy (non-hydrogen) atoms. The normalized spacial score (nSPS) is 18.7. The number of aryl methyl sites for hydroxylation is 2. The minimum atomic E-state index is -4.39. The summed E-state index contributed by atoms with van der Waals surface area (Å²) in [4.78, 5) is 16.5. The fourth-order valence-corrected chi connectivity index (χ4v) is 6.06. The van der Waals surface area contributed by atoms with Crippen LogP contribution in [0.5, 0.6) is 5.75 Å². The maximum Gasteiger partial charge on any atom is 0.306 e. The van der Waals surface area contributed by atoms with Gasteiger partial charge in [-0.25, -0.2) is 0 Å². The molecule has 2 unspecified atom stereocenters. The summed E-state index contributed by atoms with van der Waals surface area (Å²) < 4.78 is 40.1. The Balaban J connectivity index is 1.42. The van der Waals surface area contributed by atoms with Crippen molar-refractivity contribution in [1.29, 1.82) is 0 Å². The molecule has 3 N–H and O–H groups in total. The first-order valence-corrected chi connectivity index (χ1v) is 13.0. The summed E-state index contributed by atoms with van der Waals surface area (Å²) in [6, 6.07) is 11.0. The average Bonchev–Trinajstić information content (AvgIpc) is 3.28. The number of hydroxylamine groups is 1. The van der Waals surface area contributed by atoms with Gasteiger partial charge in [0.1, 0.15) is 23.9 Å². The lowest BCUT2D eigenvalue weighted by Crippen LogP contribution is -2.29. The van der Waals surface area contributed by atoms with Gasteiger partial charge in [-0.3, -0.25) is 14.2 Å². The second-order valence-corrected chi connectivity index (χ2v) is 10.7. The van der Waals surface area contributed by atoms with Crippen LogP contribution in [0.1, 0.15) is 30.4 Å². The lowest BCUT2D eigenvalue weighted by atomic mass is 9.90. The Hall–Kier alpha value is -2.98. The maximum absolute atomic E-state index is 12.1. The summed E-state index contributed by atoms with van der Waals surface area (Å²) in [5.41, 5.74) is 4.70. The van der Waals surface area contributed by atoms with Crippen molar-refractivity contribution in [3.05, 3.63) is 47.5 Å². The number of ether oxygens (including phenoxy) is 1. The molecule has 5 rings (SSSR count). The predicted molar refractivity (Wildman–Crippen MR) is 133 cm³/mol. The molecule has 0 bridgehead atoms. The van der Waals surface area contributed by atoms with Crippen LogP contribution >= 0.6 is 0 Å². The molecule has 8 nitrogen and oxygen atoms in total. The molecule has 0 amide bonds. The SMILES string of the molecule is Cc1cc(OCCONC2CCC(C(=O)O)C2)c2ccc3c(S(=O)(=O)O)cc(C)c4ccc1c2c43. The molecule has 0 spiro atoms. The van der Waals surface area contributed by atoms with Crippen molar-refractivity contribution in [3.8, 4) is 5.75 Å². The van der Waals surface area contributed by atoms with Crippen LogP contribution in [0.15, 0.2) is 41.3 Å². The number of carboxylic acids is 1. The Labute approximate surface area is 202 Å². The van der Waals surface area contributed by atoms with Crippen molar-refractivity contribution in [3.63, 3.8) is 0 Å². The van der Waals surface area contributed by atoms with Crippen molar-refractivity contribution < 1.29 is 32.4 Å². The van der Waals surface area contributed by atoms with E-state index in [0.29, 0.717) is 24.0 Å². The van der Waals surface area contributed by atoms with Crippen molar-refractivity contribution >= 4 is 48.4 Å². The number of rotatable bonds is 8. The largest absolute Gasteiger partial charge is 0.490 e. The third-order valence-corrected chi connectivity index (χ3v) is 7.88. The molecule has 2 atom stereocenters. The van der Waals surface area contributed by atoms with E-state index in [0.717, 1.165) is 44.5 Å². The number of nitrogens with one attached hydrogen (secondary N) is 1. The third-order valence-electron chi connectivity index (χ3n) is 6.99. The van der Waals surface area contributed by atoms with Crippen molar-refractivity contribution in [2.45, 2.75) is 44.0 Å². The molecule has 9 heteroatoms. The molecule has 4 aromatic carbocycles. The van der Waals surface area contributed by atoms with E-state index in [2.05, 4.69) is 5.48 Å². The van der Waals surface area contributed by atoms with Gasteiger partial charge in [-0.2, -0.15) is 13.9 Å². The van der Waals surface area contributed by atoms with Gasteiger partial charge >= 0.3 is 5.97 Å². The van der Waals surface area contributed by atoms with Gasteiger partial charge in [0.25, 0.3) is 10.1 Å². The topological polar surface area (TPSA) is 122 Å². The molecule has 1 saturated carbocycles. The summed E-state index contributed by atoms with van der Waals surface area (Å²) in [7, 11) is -4.39. The number of carbonyl (C=O) groups is 1. The number of carboxylic acid groups (broad SMARTS) is 1. The second-order valence-electron chi connectivity index (χ2n) is 9.29. The molecular weight excluding hydrogens is 470 g/mol. The van der Waals surface area contributed by atoms with Gasteiger partial charge in [0, 0.05) is 22.2 Å². The van der Waals surface area contributed by atoms with E-state index in [-0.39, 0.29) is 30.1 Å². The molecule has 184 valence electrons. The van der Waals surface area contributed by atoms with Crippen LogP contribution in [-0.2, 0) is 19.8 Å². The summed E-state index contributed by atoms with van der Waals surface area (Å²) in [6.45, 7) is 4.37. The van der Waals surface area contributed by atoms with Gasteiger partial charge in [0.2, 0.25) is 0 Å². The van der Waals surface area contributed by atoms with Gasteiger partial charge in [-0.15, -0.1) is 0 Å². The van der Waals surface area contributed by atoms with Crippen LogP contribution in [-0.4, -0.2) is 43.3 Å². The van der Waals surface area contributed by atoms with E-state index in [4.69, 9.17) is 14.7 Å². The summed E-state index contributed by atoms with van der Waals surface area (Å²) in [5.74, 6) is -0.423. The highest BCUT2D eigenvalue weighted by Gasteiger charge is 2.29. The molecule has 1 fully saturated rings. The van der Waals surface area contributed by atoms with Crippen LogP contribution in [0.3, 0.4) is 0 Å². The summed E-state index contributed by atoms with van der Waals surface area (Å²) >= 11 is 0. The minimum absolute atomic E-state index is 0.0214. The highest BCUT2D eigenvalue weighted by Crippen LogP contribution is 2.43. The predicted octanol–water partition coefficient (Wildman–Crippen LogP) is 4.60. The average molecular weight is 498 g/mol. The molecule has 0 aromatic heterocycles. The summed E-state index contributed by atoms with van der Waals surface area (Å²) in [5, 5.41) is 14.0. The van der Waals surface area contributed by atoms with Gasteiger partial charge in [-0.1, -0.05) is 18.2 Å². The number of benzene rings is 4. The zero-order chi connectivity index (χ0) is 24.9. The van der Waals surface area contributed by atoms with Crippen LogP contribution in [0, 0.1) is 19.8 Å². The Bertz CT molecular complexity index is 1550. The smallest absolute Gasteiger partial charge is 0.306 e. The van der Waals surface area contributed by atoms with E-state index in [1.807, 2.05) is 38.1 Å². The molecule has 4 aromatic rings. The van der Waals surface area contributed by atoms with Gasteiger partial charge < -0.3 is 9.84 Å². The molecule has 1 aliphatic carbocycles.